The number of amides is 1. The summed E-state index contributed by atoms with van der Waals surface area (Å²) in [6.07, 6.45) is 3.59. The van der Waals surface area contributed by atoms with Gasteiger partial charge in [-0.1, -0.05) is 30.3 Å². The zero-order chi connectivity index (χ0) is 16.1. The zero-order valence-electron chi connectivity index (χ0n) is 12.7. The molecule has 0 saturated heterocycles. The monoisotopic (exact) mass is 324 g/mol. The van der Waals surface area contributed by atoms with Crippen LogP contribution in [0.2, 0.25) is 0 Å². The minimum absolute atomic E-state index is 0.0391. The Bertz CT molecular complexity index is 819. The average Bonchev–Trinajstić information content (AvgIpc) is 2.60. The van der Waals surface area contributed by atoms with Crippen LogP contribution in [-0.4, -0.2) is 23.8 Å². The highest BCUT2D eigenvalue weighted by atomic mass is 32.2. The second-order valence-electron chi connectivity index (χ2n) is 4.94. The number of pyridine rings is 1. The van der Waals surface area contributed by atoms with Crippen molar-refractivity contribution in [1.29, 1.82) is 0 Å². The normalized spacial score (nSPS) is 10.5. The number of benzene rings is 2. The van der Waals surface area contributed by atoms with Crippen molar-refractivity contribution < 1.29 is 9.53 Å². The Kier molecular flexibility index (Phi) is 4.78. The van der Waals surface area contributed by atoms with Gasteiger partial charge < -0.3 is 10.1 Å². The maximum Gasteiger partial charge on any atom is 0.262 e. The lowest BCUT2D eigenvalue weighted by atomic mass is 10.1. The van der Waals surface area contributed by atoms with Crippen LogP contribution in [0.4, 0.5) is 5.69 Å². The van der Waals surface area contributed by atoms with Crippen LogP contribution in [0.3, 0.4) is 0 Å². The number of aromatic nitrogens is 1. The predicted molar refractivity (Wildman–Crippen MR) is 94.1 cm³/mol. The van der Waals surface area contributed by atoms with E-state index in [2.05, 4.69) is 10.3 Å². The molecule has 0 saturated carbocycles. The largest absolute Gasteiger partial charge is 0.484 e. The number of anilines is 1. The van der Waals surface area contributed by atoms with E-state index in [9.17, 15) is 4.79 Å². The average molecular weight is 324 g/mol. The topological polar surface area (TPSA) is 51.2 Å². The van der Waals surface area contributed by atoms with Gasteiger partial charge in [-0.25, -0.2) is 4.98 Å². The van der Waals surface area contributed by atoms with Crippen LogP contribution >= 0.6 is 11.8 Å². The highest BCUT2D eigenvalue weighted by molar-refractivity contribution is 7.98. The summed E-state index contributed by atoms with van der Waals surface area (Å²) in [5.74, 6) is 0.464. The van der Waals surface area contributed by atoms with Crippen molar-refractivity contribution in [1.82, 2.24) is 4.98 Å². The van der Waals surface area contributed by atoms with Crippen molar-refractivity contribution in [2.24, 2.45) is 0 Å². The lowest BCUT2D eigenvalue weighted by molar-refractivity contribution is -0.118. The molecule has 0 aliphatic heterocycles. The number of carbonyl (C=O) groups excluding carboxylic acids is 1. The van der Waals surface area contributed by atoms with Crippen LogP contribution < -0.4 is 10.1 Å². The minimum atomic E-state index is -0.211. The van der Waals surface area contributed by atoms with Crippen molar-refractivity contribution in [3.63, 3.8) is 0 Å². The molecule has 1 N–H and O–H groups in total. The van der Waals surface area contributed by atoms with E-state index in [1.807, 2.05) is 60.9 Å². The third-order valence-corrected chi connectivity index (χ3v) is 3.98. The van der Waals surface area contributed by atoms with Gasteiger partial charge in [0.1, 0.15) is 5.75 Å². The lowest BCUT2D eigenvalue weighted by Crippen LogP contribution is -2.20. The maximum absolute atomic E-state index is 11.9. The number of rotatable bonds is 5. The van der Waals surface area contributed by atoms with Gasteiger partial charge in [0.15, 0.2) is 6.61 Å². The Morgan fingerprint density at radius 1 is 1.13 bits per heavy atom. The molecule has 0 atom stereocenters. The summed E-state index contributed by atoms with van der Waals surface area (Å²) in [6.45, 7) is -0.0391. The molecule has 0 unspecified atom stereocenters. The van der Waals surface area contributed by atoms with Crippen LogP contribution in [0.25, 0.3) is 10.8 Å². The second kappa shape index (κ2) is 7.15. The number of nitrogens with zero attached hydrogens (tertiary/aromatic N) is 1. The number of ether oxygens (including phenoxy) is 1. The number of fused-ring (bicyclic) bond motifs is 1. The van der Waals surface area contributed by atoms with Gasteiger partial charge >= 0.3 is 0 Å². The molecule has 1 aromatic heterocycles. The van der Waals surface area contributed by atoms with Gasteiger partial charge in [-0.05, 0) is 41.3 Å². The number of hydrogen-bond donors (Lipinski definition) is 1. The molecule has 1 amide bonds. The molecule has 0 spiro atoms. The third-order valence-electron chi connectivity index (χ3n) is 3.32. The van der Waals surface area contributed by atoms with E-state index >= 15 is 0 Å². The van der Waals surface area contributed by atoms with Gasteiger partial charge in [-0.15, -0.1) is 11.8 Å². The first kappa shape index (κ1) is 15.4. The van der Waals surface area contributed by atoms with E-state index in [0.29, 0.717) is 11.4 Å². The molecule has 1 heterocycles. The van der Waals surface area contributed by atoms with Gasteiger partial charge in [-0.2, -0.15) is 0 Å². The molecule has 5 heteroatoms. The molecule has 4 nitrogen and oxygen atoms in total. The second-order valence-corrected chi connectivity index (χ2v) is 5.76. The molecule has 0 fully saturated rings. The summed E-state index contributed by atoms with van der Waals surface area (Å²) in [5, 5.41) is 5.91. The molecule has 3 rings (SSSR count). The summed E-state index contributed by atoms with van der Waals surface area (Å²) in [6, 6.07) is 17.5. The highest BCUT2D eigenvalue weighted by Crippen LogP contribution is 2.20. The summed E-state index contributed by atoms with van der Waals surface area (Å²) < 4.78 is 5.56. The minimum Gasteiger partial charge on any atom is -0.484 e. The number of hydrogen-bond acceptors (Lipinski definition) is 4. The molecule has 0 aliphatic carbocycles. The van der Waals surface area contributed by atoms with Gasteiger partial charge in [0, 0.05) is 0 Å². The molecule has 0 aliphatic rings. The van der Waals surface area contributed by atoms with Crippen molar-refractivity contribution >= 4 is 34.1 Å². The molecular formula is C18H16N2O2S. The van der Waals surface area contributed by atoms with Crippen molar-refractivity contribution in [3.05, 3.63) is 60.8 Å². The Morgan fingerprint density at radius 2 is 1.96 bits per heavy atom. The van der Waals surface area contributed by atoms with Crippen molar-refractivity contribution in [2.45, 2.75) is 5.03 Å². The smallest absolute Gasteiger partial charge is 0.262 e. The summed E-state index contributed by atoms with van der Waals surface area (Å²) in [4.78, 5) is 16.1. The fraction of sp³-hybridized carbons (Fsp3) is 0.111. The van der Waals surface area contributed by atoms with E-state index < -0.39 is 0 Å². The van der Waals surface area contributed by atoms with Crippen molar-refractivity contribution in [3.8, 4) is 5.75 Å². The van der Waals surface area contributed by atoms with Crippen molar-refractivity contribution in [2.75, 3.05) is 18.2 Å². The highest BCUT2D eigenvalue weighted by Gasteiger charge is 2.05. The number of thioether (sulfide) groups is 1. The first-order valence-electron chi connectivity index (χ1n) is 7.16. The Morgan fingerprint density at radius 3 is 2.70 bits per heavy atom. The molecule has 3 aromatic rings. The Hall–Kier alpha value is -2.53. The first-order chi connectivity index (χ1) is 11.2. The SMILES string of the molecule is CSc1ccc(NC(=O)COc2ccc3ccccc3c2)cn1. The third kappa shape index (κ3) is 4.02. The van der Waals surface area contributed by atoms with Crippen LogP contribution in [0.15, 0.2) is 65.8 Å². The molecular weight excluding hydrogens is 308 g/mol. The maximum atomic E-state index is 11.9. The summed E-state index contributed by atoms with van der Waals surface area (Å²) >= 11 is 1.56. The molecule has 2 aromatic carbocycles. The van der Waals surface area contributed by atoms with Gasteiger partial charge in [0.05, 0.1) is 16.9 Å². The molecule has 23 heavy (non-hydrogen) atoms. The first-order valence-corrected chi connectivity index (χ1v) is 8.38. The number of nitrogens with one attached hydrogen (secondary N) is 1. The van der Waals surface area contributed by atoms with Crippen LogP contribution in [-0.2, 0) is 4.79 Å². The Balaban J connectivity index is 1.58. The van der Waals surface area contributed by atoms with Gasteiger partial charge in [0.25, 0.3) is 5.91 Å². The van der Waals surface area contributed by atoms with Crippen LogP contribution in [0, 0.1) is 0 Å². The molecule has 0 bridgehead atoms. The fourth-order valence-corrected chi connectivity index (χ4v) is 2.54. The summed E-state index contributed by atoms with van der Waals surface area (Å²) in [5.41, 5.74) is 0.662. The van der Waals surface area contributed by atoms with E-state index in [4.69, 9.17) is 4.74 Å². The predicted octanol–water partition coefficient (Wildman–Crippen LogP) is 3.97. The standard InChI is InChI=1S/C18H16N2O2S/c1-23-18-9-7-15(11-19-18)20-17(21)12-22-16-8-6-13-4-2-3-5-14(13)10-16/h2-11H,12H2,1H3,(H,20,21). The Labute approximate surface area is 138 Å². The zero-order valence-corrected chi connectivity index (χ0v) is 13.5. The van der Waals surface area contributed by atoms with Gasteiger partial charge in [-0.3, -0.25) is 4.79 Å². The van der Waals surface area contributed by atoms with Crippen LogP contribution in [0.5, 0.6) is 5.75 Å². The van der Waals surface area contributed by atoms with E-state index in [0.717, 1.165) is 15.8 Å². The molecule has 0 radical (unpaired) electrons. The summed E-state index contributed by atoms with van der Waals surface area (Å²) in [7, 11) is 0. The fourth-order valence-electron chi connectivity index (χ4n) is 2.18. The lowest BCUT2D eigenvalue weighted by Gasteiger charge is -2.08. The quantitative estimate of drug-likeness (QED) is 0.721. The van der Waals surface area contributed by atoms with Gasteiger partial charge in [0.2, 0.25) is 0 Å². The van der Waals surface area contributed by atoms with Crippen LogP contribution in [0.1, 0.15) is 0 Å². The molecule has 116 valence electrons. The van der Waals surface area contributed by atoms with E-state index in [1.165, 1.54) is 0 Å². The van der Waals surface area contributed by atoms with E-state index in [1.54, 1.807) is 18.0 Å². The number of carbonyl (C=O) groups is 1. The van der Waals surface area contributed by atoms with E-state index in [-0.39, 0.29) is 12.5 Å².